The molecule has 0 radical (unpaired) electrons. The number of rotatable bonds is 2. The Morgan fingerprint density at radius 1 is 1.88 bits per heavy atom. The first kappa shape index (κ1) is 5.76. The topological polar surface area (TPSA) is 35.9 Å². The van der Waals surface area contributed by atoms with Crippen molar-refractivity contribution in [3.63, 3.8) is 0 Å². The van der Waals surface area contributed by atoms with E-state index in [4.69, 9.17) is 5.41 Å². The van der Waals surface area contributed by atoms with Crippen molar-refractivity contribution in [2.45, 2.75) is 25.8 Å². The Hall–Kier alpha value is -0.370. The third kappa shape index (κ3) is 0.892. The Morgan fingerprint density at radius 3 is 2.75 bits per heavy atom. The van der Waals surface area contributed by atoms with E-state index in [-0.39, 0.29) is 0 Å². The minimum Gasteiger partial charge on any atom is -0.307 e. The van der Waals surface area contributed by atoms with Crippen LogP contribution in [0.1, 0.15) is 19.8 Å². The zero-order chi connectivity index (χ0) is 5.98. The van der Waals surface area contributed by atoms with E-state index < -0.39 is 0 Å². The first-order valence-corrected chi connectivity index (χ1v) is 3.15. The van der Waals surface area contributed by atoms with Crippen LogP contribution in [0.3, 0.4) is 0 Å². The summed E-state index contributed by atoms with van der Waals surface area (Å²) in [5.41, 5.74) is 0.881. The Balaban J connectivity index is 2.17. The second kappa shape index (κ2) is 2.27. The molecular weight excluding hydrogens is 100 g/mol. The van der Waals surface area contributed by atoms with Crippen molar-refractivity contribution in [3.05, 3.63) is 0 Å². The molecule has 46 valence electrons. The minimum absolute atomic E-state index is 0.431. The number of hydrogen-bond donors (Lipinski definition) is 2. The molecule has 0 aromatic heterocycles. The maximum atomic E-state index is 7.23. The molecule has 1 saturated heterocycles. The first-order chi connectivity index (χ1) is 3.84. The van der Waals surface area contributed by atoms with Crippen molar-refractivity contribution in [1.82, 2.24) is 5.32 Å². The Labute approximate surface area is 49.8 Å². The van der Waals surface area contributed by atoms with Crippen LogP contribution in [-0.4, -0.2) is 18.3 Å². The molecule has 0 saturated carbocycles. The van der Waals surface area contributed by atoms with Gasteiger partial charge in [-0.2, -0.15) is 0 Å². The lowest BCUT2D eigenvalue weighted by atomic mass is 10.0. The van der Waals surface area contributed by atoms with Crippen molar-refractivity contribution >= 4 is 5.71 Å². The van der Waals surface area contributed by atoms with Gasteiger partial charge in [0.1, 0.15) is 0 Å². The molecule has 2 nitrogen and oxygen atoms in total. The van der Waals surface area contributed by atoms with Crippen LogP contribution in [0.15, 0.2) is 0 Å². The molecule has 0 aromatic rings. The first-order valence-electron chi connectivity index (χ1n) is 3.15. The van der Waals surface area contributed by atoms with Crippen LogP contribution in [0.2, 0.25) is 0 Å². The van der Waals surface area contributed by atoms with Crippen LogP contribution in [0.5, 0.6) is 0 Å². The molecule has 1 atom stereocenters. The lowest BCUT2D eigenvalue weighted by Crippen LogP contribution is -2.52. The van der Waals surface area contributed by atoms with Gasteiger partial charge in [-0.05, 0) is 6.42 Å². The highest BCUT2D eigenvalue weighted by Crippen LogP contribution is 2.04. The lowest BCUT2D eigenvalue weighted by Gasteiger charge is -2.28. The molecule has 0 spiro atoms. The smallest absolute Gasteiger partial charge is 0.0464 e. The number of nitrogens with one attached hydrogen (secondary N) is 2. The van der Waals surface area contributed by atoms with Crippen molar-refractivity contribution in [2.75, 3.05) is 6.54 Å². The van der Waals surface area contributed by atoms with E-state index in [1.54, 1.807) is 0 Å². The summed E-state index contributed by atoms with van der Waals surface area (Å²) in [6.07, 6.45) is 2.32. The van der Waals surface area contributed by atoms with Gasteiger partial charge < -0.3 is 10.7 Å². The Bertz CT molecular complexity index is 98.7. The fourth-order valence-electron chi connectivity index (χ4n) is 0.913. The molecule has 1 heterocycles. The van der Waals surface area contributed by atoms with Gasteiger partial charge in [0.25, 0.3) is 0 Å². The van der Waals surface area contributed by atoms with E-state index in [1.165, 1.54) is 6.42 Å². The predicted molar refractivity (Wildman–Crippen MR) is 34.4 cm³/mol. The molecule has 1 rings (SSSR count). The molecule has 0 aromatic carbocycles. The zero-order valence-corrected chi connectivity index (χ0v) is 5.20. The lowest BCUT2D eigenvalue weighted by molar-refractivity contribution is 0.542. The van der Waals surface area contributed by atoms with Crippen LogP contribution >= 0.6 is 0 Å². The van der Waals surface area contributed by atoms with E-state index in [0.29, 0.717) is 6.04 Å². The van der Waals surface area contributed by atoms with Crippen molar-refractivity contribution in [3.8, 4) is 0 Å². The van der Waals surface area contributed by atoms with Crippen LogP contribution in [0.25, 0.3) is 0 Å². The molecule has 8 heavy (non-hydrogen) atoms. The summed E-state index contributed by atoms with van der Waals surface area (Å²) >= 11 is 0. The summed E-state index contributed by atoms with van der Waals surface area (Å²) in [7, 11) is 0. The molecule has 1 fully saturated rings. The van der Waals surface area contributed by atoms with E-state index in [2.05, 4.69) is 12.2 Å². The van der Waals surface area contributed by atoms with Gasteiger partial charge in [0, 0.05) is 18.3 Å². The van der Waals surface area contributed by atoms with Crippen LogP contribution in [-0.2, 0) is 0 Å². The second-order valence-corrected chi connectivity index (χ2v) is 2.25. The van der Waals surface area contributed by atoms with Gasteiger partial charge in [0.05, 0.1) is 0 Å². The fourth-order valence-corrected chi connectivity index (χ4v) is 0.913. The van der Waals surface area contributed by atoms with E-state index >= 15 is 0 Å². The van der Waals surface area contributed by atoms with Crippen molar-refractivity contribution < 1.29 is 0 Å². The number of hydrogen-bond acceptors (Lipinski definition) is 2. The molecule has 1 aliphatic rings. The van der Waals surface area contributed by atoms with Crippen molar-refractivity contribution in [1.29, 1.82) is 5.41 Å². The summed E-state index contributed by atoms with van der Waals surface area (Å²) in [5.74, 6) is 0. The minimum atomic E-state index is 0.431. The largest absolute Gasteiger partial charge is 0.307 e. The summed E-state index contributed by atoms with van der Waals surface area (Å²) in [6.45, 7) is 2.97. The predicted octanol–water partition coefficient (Wildman–Crippen LogP) is 0.778. The highest BCUT2D eigenvalue weighted by Gasteiger charge is 2.21. The standard InChI is InChI=1S/C6H12N2/c1-2-3-6-5(7)4-8-6/h6-8H,2-4H2,1H3. The van der Waals surface area contributed by atoms with Gasteiger partial charge in [-0.3, -0.25) is 0 Å². The normalized spacial score (nSPS) is 27.6. The van der Waals surface area contributed by atoms with E-state index in [9.17, 15) is 0 Å². The molecular formula is C6H12N2. The van der Waals surface area contributed by atoms with Crippen molar-refractivity contribution in [2.24, 2.45) is 0 Å². The van der Waals surface area contributed by atoms with Gasteiger partial charge in [-0.1, -0.05) is 13.3 Å². The molecule has 1 unspecified atom stereocenters. The van der Waals surface area contributed by atoms with Crippen LogP contribution < -0.4 is 5.32 Å². The Morgan fingerprint density at radius 2 is 2.62 bits per heavy atom. The summed E-state index contributed by atoms with van der Waals surface area (Å²) < 4.78 is 0. The molecule has 1 aliphatic heterocycles. The van der Waals surface area contributed by atoms with Crippen LogP contribution in [0, 0.1) is 5.41 Å². The molecule has 0 amide bonds. The maximum Gasteiger partial charge on any atom is 0.0464 e. The Kier molecular flexibility index (Phi) is 1.63. The van der Waals surface area contributed by atoms with Gasteiger partial charge in [-0.25, -0.2) is 0 Å². The third-order valence-corrected chi connectivity index (χ3v) is 1.54. The van der Waals surface area contributed by atoms with Gasteiger partial charge in [-0.15, -0.1) is 0 Å². The quantitative estimate of drug-likeness (QED) is 0.544. The highest BCUT2D eigenvalue weighted by atomic mass is 15.0. The SMILES string of the molecule is CCCC1NCC1=N. The summed E-state index contributed by atoms with van der Waals surface area (Å²) in [4.78, 5) is 0. The summed E-state index contributed by atoms with van der Waals surface area (Å²) in [5, 5.41) is 10.4. The monoisotopic (exact) mass is 112 g/mol. The second-order valence-electron chi connectivity index (χ2n) is 2.25. The fraction of sp³-hybridized carbons (Fsp3) is 0.833. The van der Waals surface area contributed by atoms with Gasteiger partial charge >= 0.3 is 0 Å². The van der Waals surface area contributed by atoms with Gasteiger partial charge in [0.15, 0.2) is 0 Å². The average Bonchev–Trinajstić information content (AvgIpc) is 1.79. The average molecular weight is 112 g/mol. The highest BCUT2D eigenvalue weighted by molar-refractivity contribution is 5.93. The molecule has 0 bridgehead atoms. The third-order valence-electron chi connectivity index (χ3n) is 1.54. The van der Waals surface area contributed by atoms with E-state index in [0.717, 1.165) is 18.7 Å². The van der Waals surface area contributed by atoms with Gasteiger partial charge in [0.2, 0.25) is 0 Å². The van der Waals surface area contributed by atoms with Crippen LogP contribution in [0.4, 0.5) is 0 Å². The molecule has 0 aliphatic carbocycles. The molecule has 2 N–H and O–H groups in total. The summed E-state index contributed by atoms with van der Waals surface area (Å²) in [6, 6.07) is 0.431. The molecule has 2 heteroatoms. The zero-order valence-electron chi connectivity index (χ0n) is 5.20. The maximum absolute atomic E-state index is 7.23. The van der Waals surface area contributed by atoms with E-state index in [1.807, 2.05) is 0 Å².